The molecule has 2 N–H and O–H groups in total. The summed E-state index contributed by atoms with van der Waals surface area (Å²) in [6.07, 6.45) is 0. The molecule has 2 aromatic carbocycles. The zero-order valence-electron chi connectivity index (χ0n) is 19.6. The van der Waals surface area contributed by atoms with E-state index in [1.165, 1.54) is 12.0 Å². The summed E-state index contributed by atoms with van der Waals surface area (Å²) < 4.78 is 51.2. The molecule has 1 atom stereocenters. The van der Waals surface area contributed by atoms with Gasteiger partial charge in [-0.1, -0.05) is 0 Å². The Labute approximate surface area is 204 Å². The Morgan fingerprint density at radius 1 is 1.09 bits per heavy atom. The van der Waals surface area contributed by atoms with Gasteiger partial charge in [-0.25, -0.2) is 17.6 Å². The molecule has 0 radical (unpaired) electrons. The van der Waals surface area contributed by atoms with Crippen LogP contribution < -0.4 is 15.4 Å². The minimum absolute atomic E-state index is 0.0607. The van der Waals surface area contributed by atoms with E-state index in [0.29, 0.717) is 18.0 Å². The highest BCUT2D eigenvalue weighted by molar-refractivity contribution is 7.89. The molecule has 1 saturated heterocycles. The molecule has 190 valence electrons. The molecule has 35 heavy (non-hydrogen) atoms. The summed E-state index contributed by atoms with van der Waals surface area (Å²) in [5.74, 6) is -0.474. The molecule has 1 aliphatic heterocycles. The van der Waals surface area contributed by atoms with Crippen LogP contribution in [0.5, 0.6) is 5.75 Å². The smallest absolute Gasteiger partial charge is 0.321 e. The number of rotatable bonds is 9. The third kappa shape index (κ3) is 6.68. The summed E-state index contributed by atoms with van der Waals surface area (Å²) in [4.78, 5) is 27.1. The van der Waals surface area contributed by atoms with Crippen LogP contribution in [0.15, 0.2) is 53.4 Å². The van der Waals surface area contributed by atoms with Crippen LogP contribution in [0.25, 0.3) is 0 Å². The highest BCUT2D eigenvalue weighted by Crippen LogP contribution is 2.23. The number of anilines is 1. The average molecular weight is 509 g/mol. The molecule has 0 saturated carbocycles. The van der Waals surface area contributed by atoms with Gasteiger partial charge < -0.3 is 25.0 Å². The number of halogens is 1. The molecule has 0 aliphatic carbocycles. The number of hydrogen-bond acceptors (Lipinski definition) is 6. The lowest BCUT2D eigenvalue weighted by Gasteiger charge is -2.39. The number of hydrogen-bond donors (Lipinski definition) is 2. The van der Waals surface area contributed by atoms with Crippen molar-refractivity contribution in [1.29, 1.82) is 0 Å². The van der Waals surface area contributed by atoms with Crippen molar-refractivity contribution in [2.45, 2.75) is 17.9 Å². The zero-order chi connectivity index (χ0) is 25.4. The van der Waals surface area contributed by atoms with Gasteiger partial charge in [0.2, 0.25) is 15.9 Å². The normalized spacial score (nSPS) is 16.5. The number of carbonyl (C=O) groups excluding carboxylic acids is 2. The molecule has 0 bridgehead atoms. The Kier molecular flexibility index (Phi) is 9.01. The van der Waals surface area contributed by atoms with Crippen molar-refractivity contribution in [3.8, 4) is 5.75 Å². The molecular weight excluding hydrogens is 479 g/mol. The van der Waals surface area contributed by atoms with Gasteiger partial charge in [0.15, 0.2) is 0 Å². The van der Waals surface area contributed by atoms with Gasteiger partial charge >= 0.3 is 6.03 Å². The molecule has 12 heteroatoms. The van der Waals surface area contributed by atoms with Gasteiger partial charge in [-0.2, -0.15) is 4.31 Å². The van der Waals surface area contributed by atoms with E-state index < -0.39 is 33.8 Å². The summed E-state index contributed by atoms with van der Waals surface area (Å²) in [7, 11) is -2.64. The summed E-state index contributed by atoms with van der Waals surface area (Å²) >= 11 is 0. The number of carbonyl (C=O) groups is 2. The molecule has 0 spiro atoms. The zero-order valence-corrected chi connectivity index (χ0v) is 20.4. The van der Waals surface area contributed by atoms with Gasteiger partial charge in [-0.3, -0.25) is 4.79 Å². The first-order chi connectivity index (χ1) is 16.8. The van der Waals surface area contributed by atoms with Crippen LogP contribution in [0, 0.1) is 5.82 Å². The van der Waals surface area contributed by atoms with E-state index in [2.05, 4.69) is 10.6 Å². The second-order valence-electron chi connectivity index (χ2n) is 7.70. The van der Waals surface area contributed by atoms with Crippen molar-refractivity contribution in [2.75, 3.05) is 51.8 Å². The van der Waals surface area contributed by atoms with Gasteiger partial charge in [0.05, 0.1) is 18.1 Å². The lowest BCUT2D eigenvalue weighted by atomic mass is 10.2. The summed E-state index contributed by atoms with van der Waals surface area (Å²) in [6, 6.07) is 9.55. The Morgan fingerprint density at radius 3 is 2.40 bits per heavy atom. The van der Waals surface area contributed by atoms with E-state index in [1.807, 2.05) is 6.92 Å². The third-order valence-corrected chi connectivity index (χ3v) is 7.29. The minimum Gasteiger partial charge on any atom is -0.494 e. The number of piperazine rings is 1. The fraction of sp³-hybridized carbons (Fsp3) is 0.391. The molecule has 1 fully saturated rings. The summed E-state index contributed by atoms with van der Waals surface area (Å²) in [5, 5.41) is 5.40. The molecule has 1 heterocycles. The molecule has 1 unspecified atom stereocenters. The highest BCUT2D eigenvalue weighted by atomic mass is 32.2. The molecule has 2 aromatic rings. The molecule has 0 aromatic heterocycles. The fourth-order valence-corrected chi connectivity index (χ4v) is 5.16. The number of nitrogens with one attached hydrogen (secondary N) is 2. The molecule has 3 rings (SSSR count). The molecule has 1 aliphatic rings. The first-order valence-corrected chi connectivity index (χ1v) is 12.5. The van der Waals surface area contributed by atoms with Gasteiger partial charge in [-0.05, 0) is 55.5 Å². The molecular formula is C23H29FN4O6S. The van der Waals surface area contributed by atoms with Crippen LogP contribution in [-0.2, 0) is 19.6 Å². The summed E-state index contributed by atoms with van der Waals surface area (Å²) in [5.41, 5.74) is 0.529. The van der Waals surface area contributed by atoms with Crippen molar-refractivity contribution in [3.63, 3.8) is 0 Å². The van der Waals surface area contributed by atoms with Gasteiger partial charge in [0.25, 0.3) is 0 Å². The standard InChI is InChI=1S/C23H29FN4O6S/c1-3-34-19-8-6-18(7-9-19)26-23(30)27-13-14-28(21(16-27)22(29)25-12-15-33-2)35(31,32)20-10-4-17(24)5-11-20/h4-11,21H,3,12-16H2,1-2H3,(H,25,29)(H,26,30). The van der Waals surface area contributed by atoms with Crippen molar-refractivity contribution in [1.82, 2.24) is 14.5 Å². The SMILES string of the molecule is CCOc1ccc(NC(=O)N2CCN(S(=O)(=O)c3ccc(F)cc3)C(C(=O)NCCOC)C2)cc1. The van der Waals surface area contributed by atoms with Gasteiger partial charge in [-0.15, -0.1) is 0 Å². The number of methoxy groups -OCH3 is 1. The Morgan fingerprint density at radius 2 is 1.77 bits per heavy atom. The molecule has 3 amide bonds. The Bertz CT molecular complexity index is 1110. The second-order valence-corrected chi connectivity index (χ2v) is 9.59. The predicted molar refractivity (Wildman–Crippen MR) is 127 cm³/mol. The first-order valence-electron chi connectivity index (χ1n) is 11.1. The number of urea groups is 1. The number of benzene rings is 2. The monoisotopic (exact) mass is 508 g/mol. The lowest BCUT2D eigenvalue weighted by Crippen LogP contribution is -2.62. The average Bonchev–Trinajstić information content (AvgIpc) is 2.85. The number of nitrogens with zero attached hydrogens (tertiary/aromatic N) is 2. The van der Waals surface area contributed by atoms with Crippen molar-refractivity contribution < 1.29 is 31.9 Å². The maximum Gasteiger partial charge on any atom is 0.321 e. The maximum absolute atomic E-state index is 13.3. The highest BCUT2D eigenvalue weighted by Gasteiger charge is 2.41. The van der Waals surface area contributed by atoms with Crippen LogP contribution in [0.1, 0.15) is 6.92 Å². The number of amides is 3. The quantitative estimate of drug-likeness (QED) is 0.500. The van der Waals surface area contributed by atoms with Crippen LogP contribution in [-0.4, -0.2) is 82.1 Å². The van der Waals surface area contributed by atoms with E-state index in [0.717, 1.165) is 28.6 Å². The van der Waals surface area contributed by atoms with Crippen LogP contribution >= 0.6 is 0 Å². The number of ether oxygens (including phenoxy) is 2. The van der Waals surface area contributed by atoms with Gasteiger partial charge in [0.1, 0.15) is 17.6 Å². The fourth-order valence-electron chi connectivity index (χ4n) is 3.59. The van der Waals surface area contributed by atoms with E-state index in [9.17, 15) is 22.4 Å². The predicted octanol–water partition coefficient (Wildman–Crippen LogP) is 1.89. The maximum atomic E-state index is 13.3. The van der Waals surface area contributed by atoms with Crippen LogP contribution in [0.2, 0.25) is 0 Å². The number of sulfonamides is 1. The third-order valence-electron chi connectivity index (χ3n) is 5.36. The lowest BCUT2D eigenvalue weighted by molar-refractivity contribution is -0.126. The minimum atomic E-state index is -4.12. The molecule has 10 nitrogen and oxygen atoms in total. The second kappa shape index (κ2) is 12.0. The largest absolute Gasteiger partial charge is 0.494 e. The summed E-state index contributed by atoms with van der Waals surface area (Å²) in [6.45, 7) is 2.59. The van der Waals surface area contributed by atoms with E-state index in [1.54, 1.807) is 24.3 Å². The van der Waals surface area contributed by atoms with Crippen molar-refractivity contribution in [2.24, 2.45) is 0 Å². The Balaban J connectivity index is 1.77. The topological polar surface area (TPSA) is 117 Å². The van der Waals surface area contributed by atoms with Crippen molar-refractivity contribution in [3.05, 3.63) is 54.3 Å². The van der Waals surface area contributed by atoms with Crippen molar-refractivity contribution >= 4 is 27.6 Å². The van der Waals surface area contributed by atoms with E-state index >= 15 is 0 Å². The van der Waals surface area contributed by atoms with E-state index in [4.69, 9.17) is 9.47 Å². The first kappa shape index (κ1) is 26.4. The van der Waals surface area contributed by atoms with Gasteiger partial charge in [0, 0.05) is 39.0 Å². The van der Waals surface area contributed by atoms with Crippen LogP contribution in [0.3, 0.4) is 0 Å². The Hall–Kier alpha value is -3.22. The van der Waals surface area contributed by atoms with E-state index in [-0.39, 0.29) is 37.7 Å². The van der Waals surface area contributed by atoms with Crippen LogP contribution in [0.4, 0.5) is 14.9 Å².